The van der Waals surface area contributed by atoms with Gasteiger partial charge in [0.2, 0.25) is 0 Å². The molecule has 0 rings (SSSR count). The van der Waals surface area contributed by atoms with Gasteiger partial charge < -0.3 is 16.5 Å². The summed E-state index contributed by atoms with van der Waals surface area (Å²) >= 11 is 0. The second-order valence-electron chi connectivity index (χ2n) is 2.59. The fourth-order valence-electron chi connectivity index (χ4n) is 0.925. The van der Waals surface area contributed by atoms with Gasteiger partial charge in [-0.05, 0) is 26.5 Å². The van der Waals surface area contributed by atoms with Crippen LogP contribution in [0.15, 0.2) is 11.8 Å². The van der Waals surface area contributed by atoms with Crippen LogP contribution >= 0.6 is 0 Å². The summed E-state index contributed by atoms with van der Waals surface area (Å²) in [6.45, 7) is 3.83. The molecule has 1 atom stereocenters. The van der Waals surface area contributed by atoms with Crippen molar-refractivity contribution in [3.05, 3.63) is 11.8 Å². The van der Waals surface area contributed by atoms with E-state index < -0.39 is 0 Å². The predicted octanol–water partition coefficient (Wildman–Crippen LogP) is 0.867. The Morgan fingerprint density at radius 3 is 2.55 bits per heavy atom. The van der Waals surface area contributed by atoms with Crippen LogP contribution in [0.25, 0.3) is 0 Å². The Morgan fingerprint density at radius 1 is 1.73 bits per heavy atom. The summed E-state index contributed by atoms with van der Waals surface area (Å²) in [4.78, 5) is 0. The Morgan fingerprint density at radius 2 is 2.27 bits per heavy atom. The highest BCUT2D eigenvalue weighted by Crippen LogP contribution is 1.95. The monoisotopic (exact) mass is 155 g/mol. The average Bonchev–Trinajstić information content (AvgIpc) is 1.88. The Hall–Kier alpha value is -0.830. The lowest BCUT2D eigenvalue weighted by molar-refractivity contribution is 0.677. The van der Waals surface area contributed by atoms with Gasteiger partial charge in [0.05, 0.1) is 0 Å². The second-order valence-corrected chi connectivity index (χ2v) is 2.59. The standard InChI is InChI=1S/C8H17N3/c1-4-8(11-3)7(10)5-6(2)9/h5,8,10-11H,4,9H2,1-3H3. The molecule has 0 heterocycles. The molecule has 11 heavy (non-hydrogen) atoms. The third kappa shape index (κ3) is 3.78. The minimum atomic E-state index is 0.133. The van der Waals surface area contributed by atoms with Crippen molar-refractivity contribution in [1.29, 1.82) is 5.41 Å². The first-order valence-electron chi connectivity index (χ1n) is 3.81. The molecule has 1 unspecified atom stereocenters. The fourth-order valence-corrected chi connectivity index (χ4v) is 0.925. The van der Waals surface area contributed by atoms with Gasteiger partial charge in [-0.25, -0.2) is 0 Å². The highest BCUT2D eigenvalue weighted by atomic mass is 14.9. The van der Waals surface area contributed by atoms with Crippen LogP contribution in [0, 0.1) is 5.41 Å². The van der Waals surface area contributed by atoms with Gasteiger partial charge >= 0.3 is 0 Å². The molecule has 4 N–H and O–H groups in total. The molecule has 0 aromatic heterocycles. The predicted molar refractivity (Wildman–Crippen MR) is 48.8 cm³/mol. The lowest BCUT2D eigenvalue weighted by Gasteiger charge is -2.12. The molecule has 0 aliphatic rings. The number of nitrogens with two attached hydrogens (primary N) is 1. The first kappa shape index (κ1) is 10.2. The van der Waals surface area contributed by atoms with E-state index in [2.05, 4.69) is 5.32 Å². The summed E-state index contributed by atoms with van der Waals surface area (Å²) in [6.07, 6.45) is 2.60. The van der Waals surface area contributed by atoms with E-state index in [9.17, 15) is 0 Å². The van der Waals surface area contributed by atoms with Crippen LogP contribution in [0.2, 0.25) is 0 Å². The van der Waals surface area contributed by atoms with Crippen molar-refractivity contribution >= 4 is 5.71 Å². The molecule has 0 saturated carbocycles. The van der Waals surface area contributed by atoms with Crippen LogP contribution in [0.3, 0.4) is 0 Å². The Bertz CT molecular complexity index is 153. The lowest BCUT2D eigenvalue weighted by atomic mass is 10.1. The highest BCUT2D eigenvalue weighted by Gasteiger charge is 2.06. The summed E-state index contributed by atoms with van der Waals surface area (Å²) in [7, 11) is 1.85. The molecule has 0 aliphatic heterocycles. The van der Waals surface area contributed by atoms with Gasteiger partial charge in [0.25, 0.3) is 0 Å². The number of allylic oxidation sites excluding steroid dienone is 1. The van der Waals surface area contributed by atoms with Gasteiger partial charge in [-0.3, -0.25) is 0 Å². The quantitative estimate of drug-likeness (QED) is 0.527. The van der Waals surface area contributed by atoms with E-state index in [0.717, 1.165) is 6.42 Å². The number of nitrogens with one attached hydrogen (secondary N) is 2. The molecule has 0 bridgehead atoms. The van der Waals surface area contributed by atoms with Crippen molar-refractivity contribution in [1.82, 2.24) is 5.32 Å². The van der Waals surface area contributed by atoms with E-state index in [1.807, 2.05) is 14.0 Å². The Kier molecular flexibility index (Phi) is 4.54. The molecular weight excluding hydrogens is 138 g/mol. The molecule has 0 aliphatic carbocycles. The summed E-state index contributed by atoms with van der Waals surface area (Å²) in [5, 5.41) is 10.6. The van der Waals surface area contributed by atoms with Gasteiger partial charge in [-0.1, -0.05) is 6.92 Å². The van der Waals surface area contributed by atoms with Crippen molar-refractivity contribution in [2.75, 3.05) is 7.05 Å². The Balaban J connectivity index is 4.11. The number of hydrogen-bond donors (Lipinski definition) is 3. The van der Waals surface area contributed by atoms with Gasteiger partial charge in [-0.15, -0.1) is 0 Å². The topological polar surface area (TPSA) is 61.9 Å². The lowest BCUT2D eigenvalue weighted by Crippen LogP contribution is -2.31. The molecule has 3 nitrogen and oxygen atoms in total. The first-order valence-corrected chi connectivity index (χ1v) is 3.81. The second kappa shape index (κ2) is 4.91. The maximum atomic E-state index is 7.56. The van der Waals surface area contributed by atoms with Crippen molar-refractivity contribution in [2.45, 2.75) is 26.3 Å². The van der Waals surface area contributed by atoms with Crippen molar-refractivity contribution in [3.63, 3.8) is 0 Å². The minimum absolute atomic E-state index is 0.133. The summed E-state index contributed by atoms with van der Waals surface area (Å²) in [5.41, 5.74) is 6.67. The van der Waals surface area contributed by atoms with Crippen LogP contribution < -0.4 is 11.1 Å². The summed E-state index contributed by atoms with van der Waals surface area (Å²) < 4.78 is 0. The third-order valence-corrected chi connectivity index (χ3v) is 1.52. The number of hydrogen-bond acceptors (Lipinski definition) is 3. The largest absolute Gasteiger partial charge is 0.402 e. The molecule has 0 aromatic carbocycles. The Labute approximate surface area is 68.2 Å². The number of rotatable bonds is 4. The van der Waals surface area contributed by atoms with E-state index >= 15 is 0 Å². The van der Waals surface area contributed by atoms with Crippen molar-refractivity contribution in [3.8, 4) is 0 Å². The normalized spacial score (nSPS) is 14.6. The zero-order valence-electron chi connectivity index (χ0n) is 7.44. The molecule has 0 fully saturated rings. The van der Waals surface area contributed by atoms with Gasteiger partial charge in [0.15, 0.2) is 0 Å². The summed E-state index contributed by atoms with van der Waals surface area (Å²) in [6, 6.07) is 0.133. The molecule has 0 spiro atoms. The zero-order valence-corrected chi connectivity index (χ0v) is 7.44. The van der Waals surface area contributed by atoms with Crippen molar-refractivity contribution < 1.29 is 0 Å². The van der Waals surface area contributed by atoms with E-state index in [1.165, 1.54) is 0 Å². The molecule has 0 radical (unpaired) electrons. The highest BCUT2D eigenvalue weighted by molar-refractivity contribution is 5.97. The van der Waals surface area contributed by atoms with Crippen LogP contribution in [-0.4, -0.2) is 18.8 Å². The van der Waals surface area contributed by atoms with Gasteiger partial charge in [0.1, 0.15) is 0 Å². The van der Waals surface area contributed by atoms with Gasteiger partial charge in [0, 0.05) is 17.5 Å². The molecular formula is C8H17N3. The maximum absolute atomic E-state index is 7.56. The van der Waals surface area contributed by atoms with Crippen molar-refractivity contribution in [2.24, 2.45) is 5.73 Å². The SMILES string of the molecule is CCC(NC)C(=N)C=C(C)N. The molecule has 0 saturated heterocycles. The van der Waals surface area contributed by atoms with Gasteiger partial charge in [-0.2, -0.15) is 0 Å². The molecule has 0 amide bonds. The van der Waals surface area contributed by atoms with Crippen LogP contribution in [0.4, 0.5) is 0 Å². The fraction of sp³-hybridized carbons (Fsp3) is 0.625. The molecule has 64 valence electrons. The first-order chi connectivity index (χ1) is 5.11. The average molecular weight is 155 g/mol. The van der Waals surface area contributed by atoms with Crippen LogP contribution in [-0.2, 0) is 0 Å². The van der Waals surface area contributed by atoms with E-state index in [4.69, 9.17) is 11.1 Å². The smallest absolute Gasteiger partial charge is 0.0500 e. The van der Waals surface area contributed by atoms with Crippen LogP contribution in [0.1, 0.15) is 20.3 Å². The third-order valence-electron chi connectivity index (χ3n) is 1.52. The minimum Gasteiger partial charge on any atom is -0.402 e. The summed E-state index contributed by atoms with van der Waals surface area (Å²) in [5.74, 6) is 0. The zero-order chi connectivity index (χ0) is 8.85. The molecule has 3 heteroatoms. The van der Waals surface area contributed by atoms with E-state index in [0.29, 0.717) is 11.4 Å². The van der Waals surface area contributed by atoms with E-state index in [1.54, 1.807) is 13.0 Å². The van der Waals surface area contributed by atoms with E-state index in [-0.39, 0.29) is 6.04 Å². The van der Waals surface area contributed by atoms with Crippen LogP contribution in [0.5, 0.6) is 0 Å². The molecule has 0 aromatic rings. The maximum Gasteiger partial charge on any atom is 0.0500 e.